The number of hydrogen-bond donors (Lipinski definition) is 1. The van der Waals surface area contributed by atoms with E-state index in [2.05, 4.69) is 27.9 Å². The van der Waals surface area contributed by atoms with Crippen LogP contribution in [0.2, 0.25) is 5.02 Å². The maximum absolute atomic E-state index is 12.2. The van der Waals surface area contributed by atoms with Crippen LogP contribution in [0.25, 0.3) is 0 Å². The van der Waals surface area contributed by atoms with Crippen LogP contribution in [0.1, 0.15) is 6.92 Å². The first-order chi connectivity index (χ1) is 10.5. The molecule has 0 spiro atoms. The van der Waals surface area contributed by atoms with Crippen LogP contribution in [0.15, 0.2) is 42.5 Å². The monoisotopic (exact) mass is 431 g/mol. The Morgan fingerprint density at radius 3 is 2.55 bits per heavy atom. The molecule has 1 atom stereocenters. The zero-order chi connectivity index (χ0) is 16.1. The quantitative estimate of drug-likeness (QED) is 0.716. The van der Waals surface area contributed by atoms with Gasteiger partial charge in [-0.05, 0) is 72.0 Å². The van der Waals surface area contributed by atoms with E-state index < -0.39 is 6.10 Å². The third-order valence-corrected chi connectivity index (χ3v) is 3.87. The minimum absolute atomic E-state index is 0.279. The molecule has 0 aliphatic heterocycles. The van der Waals surface area contributed by atoms with Crippen LogP contribution in [0.5, 0.6) is 11.5 Å². The highest BCUT2D eigenvalue weighted by atomic mass is 127. The number of halogens is 2. The van der Waals surface area contributed by atoms with Crippen molar-refractivity contribution in [3.63, 3.8) is 0 Å². The van der Waals surface area contributed by atoms with Crippen molar-refractivity contribution in [1.82, 2.24) is 0 Å². The van der Waals surface area contributed by atoms with Crippen LogP contribution in [-0.4, -0.2) is 19.1 Å². The van der Waals surface area contributed by atoms with E-state index in [9.17, 15) is 4.79 Å². The number of methoxy groups -OCH3 is 1. The molecule has 0 radical (unpaired) electrons. The lowest BCUT2D eigenvalue weighted by molar-refractivity contribution is -0.122. The van der Waals surface area contributed by atoms with Crippen molar-refractivity contribution in [2.75, 3.05) is 12.4 Å². The van der Waals surface area contributed by atoms with Gasteiger partial charge in [-0.3, -0.25) is 4.79 Å². The van der Waals surface area contributed by atoms with Gasteiger partial charge in [0.2, 0.25) is 0 Å². The van der Waals surface area contributed by atoms with Gasteiger partial charge in [-0.2, -0.15) is 0 Å². The van der Waals surface area contributed by atoms with Crippen molar-refractivity contribution in [2.24, 2.45) is 0 Å². The van der Waals surface area contributed by atoms with Crippen molar-refractivity contribution in [3.05, 3.63) is 51.1 Å². The van der Waals surface area contributed by atoms with Crippen molar-refractivity contribution < 1.29 is 14.3 Å². The Hall–Kier alpha value is -1.47. The third kappa shape index (κ3) is 4.51. The molecule has 0 bridgehead atoms. The fraction of sp³-hybridized carbons (Fsp3) is 0.188. The van der Waals surface area contributed by atoms with Crippen LogP contribution < -0.4 is 14.8 Å². The molecule has 1 N–H and O–H groups in total. The van der Waals surface area contributed by atoms with E-state index >= 15 is 0 Å². The molecule has 2 rings (SSSR count). The third-order valence-electron chi connectivity index (χ3n) is 2.92. The molecule has 2 aromatic carbocycles. The summed E-state index contributed by atoms with van der Waals surface area (Å²) in [6.45, 7) is 1.68. The van der Waals surface area contributed by atoms with Crippen molar-refractivity contribution in [1.29, 1.82) is 0 Å². The zero-order valence-electron chi connectivity index (χ0n) is 12.1. The molecule has 0 fully saturated rings. The molecule has 0 aliphatic rings. The number of benzene rings is 2. The SMILES string of the molecule is COc1ccc(Cl)cc1NC(=O)C(C)Oc1ccc(I)cc1. The predicted octanol–water partition coefficient (Wildman–Crippen LogP) is 4.36. The van der Waals surface area contributed by atoms with Crippen LogP contribution in [0, 0.1) is 3.57 Å². The lowest BCUT2D eigenvalue weighted by Crippen LogP contribution is -2.30. The summed E-state index contributed by atoms with van der Waals surface area (Å²) in [7, 11) is 1.53. The van der Waals surface area contributed by atoms with Crippen molar-refractivity contribution in [3.8, 4) is 11.5 Å². The van der Waals surface area contributed by atoms with E-state index in [4.69, 9.17) is 21.1 Å². The smallest absolute Gasteiger partial charge is 0.265 e. The van der Waals surface area contributed by atoms with Gasteiger partial charge in [0.05, 0.1) is 12.8 Å². The van der Waals surface area contributed by atoms with E-state index in [1.807, 2.05) is 24.3 Å². The van der Waals surface area contributed by atoms with Crippen molar-refractivity contribution >= 4 is 45.8 Å². The highest BCUT2D eigenvalue weighted by Gasteiger charge is 2.17. The van der Waals surface area contributed by atoms with Gasteiger partial charge in [0, 0.05) is 8.59 Å². The van der Waals surface area contributed by atoms with Crippen LogP contribution in [0.3, 0.4) is 0 Å². The van der Waals surface area contributed by atoms with Gasteiger partial charge in [0.1, 0.15) is 11.5 Å². The summed E-state index contributed by atoms with van der Waals surface area (Å²) in [6.07, 6.45) is -0.649. The molecule has 116 valence electrons. The minimum Gasteiger partial charge on any atom is -0.495 e. The van der Waals surface area contributed by atoms with E-state index in [0.717, 1.165) is 3.57 Å². The summed E-state index contributed by atoms with van der Waals surface area (Å²) in [4.78, 5) is 12.2. The second-order valence-corrected chi connectivity index (χ2v) is 6.23. The summed E-state index contributed by atoms with van der Waals surface area (Å²) in [5, 5.41) is 3.27. The molecule has 0 saturated heterocycles. The Bertz CT molecular complexity index is 661. The Morgan fingerprint density at radius 2 is 1.91 bits per heavy atom. The number of amides is 1. The number of hydrogen-bond acceptors (Lipinski definition) is 3. The summed E-state index contributed by atoms with van der Waals surface area (Å²) in [5.41, 5.74) is 0.512. The van der Waals surface area contributed by atoms with Gasteiger partial charge in [-0.1, -0.05) is 11.6 Å². The summed E-state index contributed by atoms with van der Waals surface area (Å²) in [6, 6.07) is 12.5. The summed E-state index contributed by atoms with van der Waals surface area (Å²) >= 11 is 8.15. The van der Waals surface area contributed by atoms with Gasteiger partial charge < -0.3 is 14.8 Å². The molecular formula is C16H15ClINO3. The lowest BCUT2D eigenvalue weighted by atomic mass is 10.2. The number of anilines is 1. The number of nitrogens with one attached hydrogen (secondary N) is 1. The van der Waals surface area contributed by atoms with E-state index in [1.165, 1.54) is 7.11 Å². The highest BCUT2D eigenvalue weighted by molar-refractivity contribution is 14.1. The average molecular weight is 432 g/mol. The first-order valence-electron chi connectivity index (χ1n) is 6.56. The minimum atomic E-state index is -0.649. The van der Waals surface area contributed by atoms with Gasteiger partial charge in [-0.25, -0.2) is 0 Å². The van der Waals surface area contributed by atoms with E-state index in [-0.39, 0.29) is 5.91 Å². The van der Waals surface area contributed by atoms with Crippen LogP contribution >= 0.6 is 34.2 Å². The topological polar surface area (TPSA) is 47.6 Å². The first kappa shape index (κ1) is 16.9. The Morgan fingerprint density at radius 1 is 1.23 bits per heavy atom. The molecule has 2 aromatic rings. The number of carbonyl (C=O) groups is 1. The molecule has 0 heterocycles. The van der Waals surface area contributed by atoms with Gasteiger partial charge in [0.15, 0.2) is 6.10 Å². The molecule has 1 unspecified atom stereocenters. The Balaban J connectivity index is 2.05. The van der Waals surface area contributed by atoms with Crippen LogP contribution in [-0.2, 0) is 4.79 Å². The van der Waals surface area contributed by atoms with Crippen molar-refractivity contribution in [2.45, 2.75) is 13.0 Å². The Labute approximate surface area is 147 Å². The Kier molecular flexibility index (Phi) is 5.90. The molecule has 22 heavy (non-hydrogen) atoms. The molecule has 0 aliphatic carbocycles. The molecule has 6 heteroatoms. The maximum atomic E-state index is 12.2. The van der Waals surface area contributed by atoms with Gasteiger partial charge in [0.25, 0.3) is 5.91 Å². The molecule has 4 nitrogen and oxygen atoms in total. The normalized spacial score (nSPS) is 11.6. The zero-order valence-corrected chi connectivity index (χ0v) is 15.0. The first-order valence-corrected chi connectivity index (χ1v) is 8.02. The van der Waals surface area contributed by atoms with Gasteiger partial charge in [-0.15, -0.1) is 0 Å². The summed E-state index contributed by atoms with van der Waals surface area (Å²) in [5.74, 6) is 0.902. The van der Waals surface area contributed by atoms with E-state index in [0.29, 0.717) is 22.2 Å². The average Bonchev–Trinajstić information content (AvgIpc) is 2.49. The molecule has 0 saturated carbocycles. The second-order valence-electron chi connectivity index (χ2n) is 4.55. The fourth-order valence-electron chi connectivity index (χ4n) is 1.78. The number of ether oxygens (including phenoxy) is 2. The molecular weight excluding hydrogens is 417 g/mol. The van der Waals surface area contributed by atoms with E-state index in [1.54, 1.807) is 25.1 Å². The lowest BCUT2D eigenvalue weighted by Gasteiger charge is -2.16. The largest absolute Gasteiger partial charge is 0.495 e. The predicted molar refractivity (Wildman–Crippen MR) is 95.9 cm³/mol. The highest BCUT2D eigenvalue weighted by Crippen LogP contribution is 2.28. The molecule has 0 aromatic heterocycles. The van der Waals surface area contributed by atoms with Gasteiger partial charge >= 0.3 is 0 Å². The number of carbonyl (C=O) groups excluding carboxylic acids is 1. The van der Waals surface area contributed by atoms with Crippen LogP contribution in [0.4, 0.5) is 5.69 Å². The second kappa shape index (κ2) is 7.69. The summed E-state index contributed by atoms with van der Waals surface area (Å²) < 4.78 is 11.9. The maximum Gasteiger partial charge on any atom is 0.265 e. The fourth-order valence-corrected chi connectivity index (χ4v) is 2.31. The molecule has 1 amide bonds. The standard InChI is InChI=1S/C16H15ClINO3/c1-10(22-13-6-4-12(18)5-7-13)16(20)19-14-9-11(17)3-8-15(14)21-2/h3-10H,1-2H3,(H,19,20). The number of rotatable bonds is 5.